The van der Waals surface area contributed by atoms with Crippen molar-refractivity contribution in [2.45, 2.75) is 30.7 Å². The summed E-state index contributed by atoms with van der Waals surface area (Å²) in [4.78, 5) is 12.2. The van der Waals surface area contributed by atoms with Crippen molar-refractivity contribution in [3.05, 3.63) is 83.7 Å². The van der Waals surface area contributed by atoms with E-state index in [1.165, 1.54) is 6.07 Å². The van der Waals surface area contributed by atoms with Crippen molar-refractivity contribution in [1.29, 1.82) is 0 Å². The minimum absolute atomic E-state index is 0.0164. The summed E-state index contributed by atoms with van der Waals surface area (Å²) in [6.45, 7) is 1.97. The first kappa shape index (κ1) is 21.0. The Bertz CT molecular complexity index is 1220. The van der Waals surface area contributed by atoms with Gasteiger partial charge in [0.1, 0.15) is 16.5 Å². The number of benzene rings is 3. The second-order valence-electron chi connectivity index (χ2n) is 7.41. The zero-order valence-electron chi connectivity index (χ0n) is 16.8. The number of halogens is 1. The number of para-hydroxylation sites is 2. The molecule has 1 saturated carbocycles. The average molecular weight is 440 g/mol. The van der Waals surface area contributed by atoms with E-state index in [2.05, 4.69) is 10.0 Å². The largest absolute Gasteiger partial charge is 0.455 e. The molecule has 0 aliphatic heterocycles. The van der Waals surface area contributed by atoms with Crippen LogP contribution in [-0.4, -0.2) is 20.4 Å². The lowest BCUT2D eigenvalue weighted by atomic mass is 10.2. The second-order valence-corrected chi connectivity index (χ2v) is 9.09. The highest BCUT2D eigenvalue weighted by Crippen LogP contribution is 2.30. The van der Waals surface area contributed by atoms with E-state index in [0.29, 0.717) is 17.2 Å². The van der Waals surface area contributed by atoms with Crippen molar-refractivity contribution in [3.63, 3.8) is 0 Å². The number of aryl methyl sites for hydroxylation is 1. The van der Waals surface area contributed by atoms with E-state index in [1.807, 2.05) is 31.2 Å². The monoisotopic (exact) mass is 440 g/mol. The van der Waals surface area contributed by atoms with Gasteiger partial charge in [0.2, 0.25) is 10.0 Å². The minimum Gasteiger partial charge on any atom is -0.455 e. The number of rotatable bonds is 7. The van der Waals surface area contributed by atoms with Gasteiger partial charge in [0.25, 0.3) is 5.91 Å². The molecule has 0 radical (unpaired) electrons. The summed E-state index contributed by atoms with van der Waals surface area (Å²) in [7, 11) is -4.04. The number of hydrogen-bond acceptors (Lipinski definition) is 4. The molecule has 3 aromatic rings. The molecule has 1 fully saturated rings. The summed E-state index contributed by atoms with van der Waals surface area (Å²) >= 11 is 0. The normalized spacial score (nSPS) is 13.6. The fourth-order valence-corrected chi connectivity index (χ4v) is 4.33. The third-order valence-electron chi connectivity index (χ3n) is 4.77. The Morgan fingerprint density at radius 3 is 2.45 bits per heavy atom. The number of amides is 1. The molecule has 0 bridgehead atoms. The van der Waals surface area contributed by atoms with Gasteiger partial charge in [-0.1, -0.05) is 29.8 Å². The summed E-state index contributed by atoms with van der Waals surface area (Å²) in [5.41, 5.74) is 1.51. The van der Waals surface area contributed by atoms with Crippen LogP contribution in [-0.2, 0) is 10.0 Å². The molecule has 6 nitrogen and oxygen atoms in total. The van der Waals surface area contributed by atoms with Crippen LogP contribution in [0.2, 0.25) is 0 Å². The molecule has 0 saturated heterocycles. The van der Waals surface area contributed by atoms with Crippen LogP contribution in [0.5, 0.6) is 11.5 Å². The summed E-state index contributed by atoms with van der Waals surface area (Å²) in [6.07, 6.45) is 1.44. The molecule has 160 valence electrons. The smallest absolute Gasteiger partial charge is 0.255 e. The van der Waals surface area contributed by atoms with Crippen molar-refractivity contribution in [1.82, 2.24) is 4.72 Å². The first-order valence-corrected chi connectivity index (χ1v) is 11.3. The molecule has 0 unspecified atom stereocenters. The molecular weight excluding hydrogens is 419 g/mol. The predicted octanol–water partition coefficient (Wildman–Crippen LogP) is 4.62. The third-order valence-corrected chi connectivity index (χ3v) is 6.30. The zero-order chi connectivity index (χ0) is 22.0. The lowest BCUT2D eigenvalue weighted by molar-refractivity contribution is 0.102. The number of nitrogens with one attached hydrogen (secondary N) is 2. The van der Waals surface area contributed by atoms with Gasteiger partial charge < -0.3 is 10.1 Å². The van der Waals surface area contributed by atoms with Crippen molar-refractivity contribution in [3.8, 4) is 11.5 Å². The zero-order valence-corrected chi connectivity index (χ0v) is 17.6. The highest BCUT2D eigenvalue weighted by molar-refractivity contribution is 7.89. The summed E-state index contributed by atoms with van der Waals surface area (Å²) in [5.74, 6) is -0.464. The van der Waals surface area contributed by atoms with Crippen LogP contribution >= 0.6 is 0 Å². The van der Waals surface area contributed by atoms with Gasteiger partial charge >= 0.3 is 0 Å². The maximum absolute atomic E-state index is 14.2. The average Bonchev–Trinajstić information content (AvgIpc) is 3.54. The molecule has 0 atom stereocenters. The standard InChI is InChI=1S/C23H21FN2O4S/c1-15-6-11-18(12-7-15)30-21-5-3-2-4-20(21)25-23(27)16-8-13-19(24)22(14-16)31(28,29)26-17-9-10-17/h2-8,11-14,17,26H,9-10H2,1H3,(H,25,27). The van der Waals surface area contributed by atoms with Crippen LogP contribution in [0.4, 0.5) is 10.1 Å². The van der Waals surface area contributed by atoms with E-state index in [1.54, 1.807) is 24.3 Å². The van der Waals surface area contributed by atoms with E-state index in [-0.39, 0.29) is 11.6 Å². The molecule has 31 heavy (non-hydrogen) atoms. The van der Waals surface area contributed by atoms with Gasteiger partial charge in [-0.25, -0.2) is 17.5 Å². The molecule has 2 N–H and O–H groups in total. The molecular formula is C23H21FN2O4S. The fourth-order valence-electron chi connectivity index (χ4n) is 2.92. The topological polar surface area (TPSA) is 84.5 Å². The molecule has 8 heteroatoms. The van der Waals surface area contributed by atoms with Crippen LogP contribution in [0.15, 0.2) is 71.6 Å². The number of carbonyl (C=O) groups is 1. The summed E-state index contributed by atoms with van der Waals surface area (Å²) < 4.78 is 47.3. The second kappa shape index (κ2) is 8.49. The minimum atomic E-state index is -4.04. The Hall–Kier alpha value is -3.23. The maximum Gasteiger partial charge on any atom is 0.255 e. The molecule has 4 rings (SSSR count). The number of sulfonamides is 1. The first-order valence-electron chi connectivity index (χ1n) is 9.78. The Kier molecular flexibility index (Phi) is 5.75. The van der Waals surface area contributed by atoms with E-state index in [9.17, 15) is 17.6 Å². The number of carbonyl (C=O) groups excluding carboxylic acids is 1. The van der Waals surface area contributed by atoms with Gasteiger partial charge in [0.15, 0.2) is 5.75 Å². The van der Waals surface area contributed by atoms with E-state index >= 15 is 0 Å². The van der Waals surface area contributed by atoms with Gasteiger partial charge in [0.05, 0.1) is 5.69 Å². The van der Waals surface area contributed by atoms with Crippen molar-refractivity contribution in [2.75, 3.05) is 5.32 Å². The quantitative estimate of drug-likeness (QED) is 0.562. The molecule has 1 amide bonds. The number of anilines is 1. The highest BCUT2D eigenvalue weighted by atomic mass is 32.2. The van der Waals surface area contributed by atoms with Crippen LogP contribution in [0.1, 0.15) is 28.8 Å². The lowest BCUT2D eigenvalue weighted by Gasteiger charge is -2.13. The molecule has 3 aromatic carbocycles. The molecule has 0 spiro atoms. The maximum atomic E-state index is 14.2. The predicted molar refractivity (Wildman–Crippen MR) is 115 cm³/mol. The van der Waals surface area contributed by atoms with E-state index in [4.69, 9.17) is 4.74 Å². The van der Waals surface area contributed by atoms with Crippen molar-refractivity contribution >= 4 is 21.6 Å². The van der Waals surface area contributed by atoms with Crippen molar-refractivity contribution in [2.24, 2.45) is 0 Å². The first-order chi connectivity index (χ1) is 14.8. The summed E-state index contributed by atoms with van der Waals surface area (Å²) in [6, 6.07) is 17.4. The van der Waals surface area contributed by atoms with Crippen LogP contribution in [0, 0.1) is 12.7 Å². The molecule has 1 aliphatic carbocycles. The fraction of sp³-hybridized carbons (Fsp3) is 0.174. The van der Waals surface area contributed by atoms with E-state index < -0.39 is 26.6 Å². The summed E-state index contributed by atoms with van der Waals surface area (Å²) in [5, 5.41) is 2.71. The van der Waals surface area contributed by atoms with Crippen LogP contribution < -0.4 is 14.8 Å². The molecule has 1 aliphatic rings. The SMILES string of the molecule is Cc1ccc(Oc2ccccc2NC(=O)c2ccc(F)c(S(=O)(=O)NC3CC3)c2)cc1. The van der Waals surface area contributed by atoms with Gasteiger partial charge in [-0.2, -0.15) is 0 Å². The van der Waals surface area contributed by atoms with Gasteiger partial charge in [-0.05, 0) is 62.2 Å². The third kappa shape index (κ3) is 5.10. The Balaban J connectivity index is 1.56. The van der Waals surface area contributed by atoms with E-state index in [0.717, 1.165) is 30.5 Å². The number of hydrogen-bond donors (Lipinski definition) is 2. The van der Waals surface area contributed by atoms with Crippen LogP contribution in [0.3, 0.4) is 0 Å². The number of ether oxygens (including phenoxy) is 1. The Morgan fingerprint density at radius 1 is 1.03 bits per heavy atom. The molecule has 0 heterocycles. The van der Waals surface area contributed by atoms with Gasteiger partial charge in [-0.15, -0.1) is 0 Å². The highest BCUT2D eigenvalue weighted by Gasteiger charge is 2.30. The Morgan fingerprint density at radius 2 is 1.74 bits per heavy atom. The molecule has 0 aromatic heterocycles. The van der Waals surface area contributed by atoms with Crippen molar-refractivity contribution < 1.29 is 22.3 Å². The van der Waals surface area contributed by atoms with Gasteiger partial charge in [0, 0.05) is 11.6 Å². The van der Waals surface area contributed by atoms with Crippen LogP contribution in [0.25, 0.3) is 0 Å². The lowest BCUT2D eigenvalue weighted by Crippen LogP contribution is -2.27. The Labute approximate surface area is 180 Å². The van der Waals surface area contributed by atoms with Gasteiger partial charge in [-0.3, -0.25) is 4.79 Å².